The second-order valence-corrected chi connectivity index (χ2v) is 8.71. The van der Waals surface area contributed by atoms with Gasteiger partial charge in [0.1, 0.15) is 15.7 Å². The number of fused-ring (bicyclic) bond motifs is 1. The van der Waals surface area contributed by atoms with Crippen LogP contribution in [-0.2, 0) is 16.0 Å². The summed E-state index contributed by atoms with van der Waals surface area (Å²) in [5.74, 6) is -1.08. The summed E-state index contributed by atoms with van der Waals surface area (Å²) in [5, 5.41) is 6.17. The Hall–Kier alpha value is -1.91. The van der Waals surface area contributed by atoms with Gasteiger partial charge in [-0.1, -0.05) is 6.42 Å². The molecular formula is C14H18F3N5O2S. The summed E-state index contributed by atoms with van der Waals surface area (Å²) in [6, 6.07) is 1.41. The zero-order valence-corrected chi connectivity index (χ0v) is 14.5. The third-order valence-electron chi connectivity index (χ3n) is 4.28. The van der Waals surface area contributed by atoms with E-state index in [1.165, 1.54) is 6.26 Å². The standard InChI is InChI=1S/C14H18F3N5O2S/c1-8-6-11(19-9-4-3-5-10(7-9)25(2,23)24)22-13(18-8)20-12(21-22)14(15,16)17/h6,9-10,19H,3-5,7H2,1-2H3. The first-order valence-corrected chi connectivity index (χ1v) is 9.76. The van der Waals surface area contributed by atoms with Crippen LogP contribution >= 0.6 is 0 Å². The fourth-order valence-corrected chi connectivity index (χ4v) is 4.26. The van der Waals surface area contributed by atoms with Gasteiger partial charge in [0.25, 0.3) is 11.6 Å². The van der Waals surface area contributed by atoms with Crippen LogP contribution in [0.15, 0.2) is 6.07 Å². The van der Waals surface area contributed by atoms with Crippen LogP contribution in [0.5, 0.6) is 0 Å². The molecule has 0 aromatic carbocycles. The molecule has 0 amide bonds. The molecule has 25 heavy (non-hydrogen) atoms. The third kappa shape index (κ3) is 3.86. The molecule has 1 aliphatic rings. The van der Waals surface area contributed by atoms with Crippen molar-refractivity contribution in [1.29, 1.82) is 0 Å². The van der Waals surface area contributed by atoms with E-state index in [0.717, 1.165) is 17.4 Å². The summed E-state index contributed by atoms with van der Waals surface area (Å²) >= 11 is 0. The molecule has 1 aliphatic carbocycles. The van der Waals surface area contributed by atoms with Crippen molar-refractivity contribution < 1.29 is 21.6 Å². The molecule has 1 fully saturated rings. The zero-order valence-electron chi connectivity index (χ0n) is 13.7. The highest BCUT2D eigenvalue weighted by Gasteiger charge is 2.37. The number of nitrogens with one attached hydrogen (secondary N) is 1. The Morgan fingerprint density at radius 3 is 2.64 bits per heavy atom. The van der Waals surface area contributed by atoms with E-state index >= 15 is 0 Å². The van der Waals surface area contributed by atoms with Crippen LogP contribution in [-0.4, -0.2) is 45.5 Å². The Morgan fingerprint density at radius 2 is 2.00 bits per heavy atom. The molecule has 0 aliphatic heterocycles. The molecule has 138 valence electrons. The quantitative estimate of drug-likeness (QED) is 0.882. The van der Waals surface area contributed by atoms with Gasteiger partial charge in [-0.3, -0.25) is 0 Å². The van der Waals surface area contributed by atoms with Crippen LogP contribution < -0.4 is 5.32 Å². The lowest BCUT2D eigenvalue weighted by Gasteiger charge is -2.29. The molecule has 2 atom stereocenters. The maximum Gasteiger partial charge on any atom is 0.453 e. The van der Waals surface area contributed by atoms with Gasteiger partial charge in [-0.15, -0.1) is 5.10 Å². The van der Waals surface area contributed by atoms with Crippen molar-refractivity contribution in [2.24, 2.45) is 0 Å². The number of rotatable bonds is 3. The number of alkyl halides is 3. The predicted octanol–water partition coefficient (Wildman–Crippen LogP) is 2.22. The summed E-state index contributed by atoms with van der Waals surface area (Å²) in [4.78, 5) is 7.40. The fourth-order valence-electron chi connectivity index (χ4n) is 3.08. The number of aromatic nitrogens is 4. The molecule has 2 aromatic rings. The Bertz CT molecular complexity index is 894. The van der Waals surface area contributed by atoms with Gasteiger partial charge in [0.05, 0.1) is 5.25 Å². The molecule has 11 heteroatoms. The Labute approximate surface area is 142 Å². The van der Waals surface area contributed by atoms with Gasteiger partial charge >= 0.3 is 6.18 Å². The van der Waals surface area contributed by atoms with E-state index in [4.69, 9.17) is 0 Å². The van der Waals surface area contributed by atoms with Crippen LogP contribution in [0, 0.1) is 6.92 Å². The molecule has 0 saturated heterocycles. The maximum atomic E-state index is 12.8. The van der Waals surface area contributed by atoms with Gasteiger partial charge in [-0.2, -0.15) is 22.7 Å². The minimum absolute atomic E-state index is 0.148. The molecule has 3 rings (SSSR count). The Kier molecular flexibility index (Phi) is 4.38. The summed E-state index contributed by atoms with van der Waals surface area (Å²) in [7, 11) is -3.15. The van der Waals surface area contributed by atoms with Crippen molar-refractivity contribution in [2.75, 3.05) is 11.6 Å². The third-order valence-corrected chi connectivity index (χ3v) is 5.92. The molecular weight excluding hydrogens is 359 g/mol. The van der Waals surface area contributed by atoms with E-state index in [1.807, 2.05) is 0 Å². The largest absolute Gasteiger partial charge is 0.453 e. The number of halogens is 3. The first-order valence-electron chi connectivity index (χ1n) is 7.81. The molecule has 0 spiro atoms. The second kappa shape index (κ2) is 6.11. The Morgan fingerprint density at radius 1 is 1.28 bits per heavy atom. The normalized spacial score (nSPS) is 22.3. The van der Waals surface area contributed by atoms with Crippen molar-refractivity contribution in [3.63, 3.8) is 0 Å². The van der Waals surface area contributed by atoms with Crippen molar-refractivity contribution in [3.05, 3.63) is 17.6 Å². The summed E-state index contributed by atoms with van der Waals surface area (Å²) in [5.41, 5.74) is 0.492. The SMILES string of the molecule is Cc1cc(NC2CCCC(S(C)(=O)=O)C2)n2nc(C(F)(F)F)nc2n1. The van der Waals surface area contributed by atoms with Crippen molar-refractivity contribution in [1.82, 2.24) is 19.6 Å². The molecule has 2 heterocycles. The average molecular weight is 377 g/mol. The lowest BCUT2D eigenvalue weighted by atomic mass is 9.95. The summed E-state index contributed by atoms with van der Waals surface area (Å²) in [6.07, 6.45) is -0.984. The van der Waals surface area contributed by atoms with Crippen LogP contribution in [0.4, 0.5) is 19.0 Å². The molecule has 2 aromatic heterocycles. The van der Waals surface area contributed by atoms with E-state index in [0.29, 0.717) is 24.4 Å². The lowest BCUT2D eigenvalue weighted by Crippen LogP contribution is -2.34. The van der Waals surface area contributed by atoms with Crippen molar-refractivity contribution >= 4 is 21.4 Å². The number of hydrogen-bond acceptors (Lipinski definition) is 6. The molecule has 0 radical (unpaired) electrons. The highest BCUT2D eigenvalue weighted by Crippen LogP contribution is 2.29. The molecule has 7 nitrogen and oxygen atoms in total. The first-order chi connectivity index (χ1) is 11.5. The van der Waals surface area contributed by atoms with E-state index in [9.17, 15) is 21.6 Å². The number of anilines is 1. The van der Waals surface area contributed by atoms with Crippen LogP contribution in [0.25, 0.3) is 5.78 Å². The molecule has 1 N–H and O–H groups in total. The van der Waals surface area contributed by atoms with Gasteiger partial charge in [0.15, 0.2) is 0 Å². The number of hydrogen-bond donors (Lipinski definition) is 1. The van der Waals surface area contributed by atoms with Gasteiger partial charge in [-0.05, 0) is 26.2 Å². The van der Waals surface area contributed by atoms with Gasteiger partial charge < -0.3 is 5.32 Å². The van der Waals surface area contributed by atoms with Crippen molar-refractivity contribution in [3.8, 4) is 0 Å². The van der Waals surface area contributed by atoms with Crippen LogP contribution in [0.3, 0.4) is 0 Å². The summed E-state index contributed by atoms with van der Waals surface area (Å²) in [6.45, 7) is 1.65. The lowest BCUT2D eigenvalue weighted by molar-refractivity contribution is -0.144. The average Bonchev–Trinajstić information content (AvgIpc) is 2.91. The molecule has 1 saturated carbocycles. The van der Waals surface area contributed by atoms with E-state index in [1.54, 1.807) is 13.0 Å². The van der Waals surface area contributed by atoms with E-state index < -0.39 is 27.1 Å². The number of sulfone groups is 1. The van der Waals surface area contributed by atoms with Gasteiger partial charge in [0.2, 0.25) is 0 Å². The van der Waals surface area contributed by atoms with E-state index in [-0.39, 0.29) is 11.8 Å². The first kappa shape index (κ1) is 17.9. The highest BCUT2D eigenvalue weighted by atomic mass is 32.2. The molecule has 2 unspecified atom stereocenters. The predicted molar refractivity (Wildman–Crippen MR) is 85.0 cm³/mol. The number of nitrogens with zero attached hydrogens (tertiary/aromatic N) is 4. The summed E-state index contributed by atoms with van der Waals surface area (Å²) < 4.78 is 63.1. The topological polar surface area (TPSA) is 89.2 Å². The maximum absolute atomic E-state index is 12.8. The fraction of sp³-hybridized carbons (Fsp3) is 0.643. The van der Waals surface area contributed by atoms with Crippen molar-refractivity contribution in [2.45, 2.75) is 50.1 Å². The zero-order chi connectivity index (χ0) is 18.4. The Balaban J connectivity index is 1.92. The minimum Gasteiger partial charge on any atom is -0.367 e. The number of aryl methyl sites for hydroxylation is 1. The minimum atomic E-state index is -4.66. The van der Waals surface area contributed by atoms with Gasteiger partial charge in [-0.25, -0.2) is 13.4 Å². The monoisotopic (exact) mass is 377 g/mol. The van der Waals surface area contributed by atoms with Crippen LogP contribution in [0.2, 0.25) is 0 Å². The highest BCUT2D eigenvalue weighted by molar-refractivity contribution is 7.91. The van der Waals surface area contributed by atoms with Crippen LogP contribution in [0.1, 0.15) is 37.2 Å². The smallest absolute Gasteiger partial charge is 0.367 e. The second-order valence-electron chi connectivity index (χ2n) is 6.39. The molecule has 0 bridgehead atoms. The van der Waals surface area contributed by atoms with E-state index in [2.05, 4.69) is 20.4 Å². The van der Waals surface area contributed by atoms with Gasteiger partial charge in [0, 0.05) is 24.1 Å².